The van der Waals surface area contributed by atoms with Crippen molar-refractivity contribution in [3.8, 4) is 0 Å². The summed E-state index contributed by atoms with van der Waals surface area (Å²) in [6, 6.07) is 1.75. The fourth-order valence-electron chi connectivity index (χ4n) is 1.07. The first kappa shape index (κ1) is 11.3. The van der Waals surface area contributed by atoms with E-state index in [0.29, 0.717) is 5.82 Å². The van der Waals surface area contributed by atoms with Crippen LogP contribution in [-0.4, -0.2) is 20.2 Å². The highest BCUT2D eigenvalue weighted by atomic mass is 32.2. The number of hydrogen-bond acceptors (Lipinski definition) is 7. The molecule has 0 aliphatic rings. The smallest absolute Gasteiger partial charge is 0.180 e. The first-order chi connectivity index (χ1) is 7.65. The van der Waals surface area contributed by atoms with E-state index in [1.165, 1.54) is 23.1 Å². The van der Waals surface area contributed by atoms with Crippen LogP contribution in [0.25, 0.3) is 0 Å². The van der Waals surface area contributed by atoms with E-state index in [2.05, 4.69) is 20.2 Å². The molecule has 84 valence electrons. The molecular formula is C9H11N5S2. The van der Waals surface area contributed by atoms with Crippen LogP contribution in [-0.2, 0) is 0 Å². The molecule has 0 saturated carbocycles. The SMILES string of the molecule is CC(C)c1nc(N)cc(Sc2nncs2)n1. The molecule has 0 aliphatic heterocycles. The molecule has 0 atom stereocenters. The largest absolute Gasteiger partial charge is 0.384 e. The van der Waals surface area contributed by atoms with Gasteiger partial charge in [0, 0.05) is 12.0 Å². The summed E-state index contributed by atoms with van der Waals surface area (Å²) in [4.78, 5) is 8.60. The predicted octanol–water partition coefficient (Wildman–Crippen LogP) is 2.18. The Morgan fingerprint density at radius 1 is 1.38 bits per heavy atom. The molecule has 2 aromatic rings. The molecule has 2 rings (SSSR count). The van der Waals surface area contributed by atoms with E-state index >= 15 is 0 Å². The number of nitrogens with zero attached hydrogens (tertiary/aromatic N) is 4. The van der Waals surface area contributed by atoms with Crippen molar-refractivity contribution in [1.29, 1.82) is 0 Å². The van der Waals surface area contributed by atoms with Crippen molar-refractivity contribution in [3.63, 3.8) is 0 Å². The number of nitrogens with two attached hydrogens (primary N) is 1. The van der Waals surface area contributed by atoms with Gasteiger partial charge in [0.15, 0.2) is 4.34 Å². The normalized spacial score (nSPS) is 10.9. The lowest BCUT2D eigenvalue weighted by Gasteiger charge is -2.06. The van der Waals surface area contributed by atoms with Gasteiger partial charge in [-0.2, -0.15) is 0 Å². The second-order valence-electron chi connectivity index (χ2n) is 3.45. The summed E-state index contributed by atoms with van der Waals surface area (Å²) in [6.45, 7) is 4.07. The van der Waals surface area contributed by atoms with Gasteiger partial charge in [0.05, 0.1) is 0 Å². The zero-order chi connectivity index (χ0) is 11.5. The number of hydrogen-bond donors (Lipinski definition) is 1. The van der Waals surface area contributed by atoms with Crippen LogP contribution >= 0.6 is 23.1 Å². The van der Waals surface area contributed by atoms with Crippen LogP contribution in [0.4, 0.5) is 5.82 Å². The fraction of sp³-hybridized carbons (Fsp3) is 0.333. The van der Waals surface area contributed by atoms with Crippen molar-refractivity contribution in [2.24, 2.45) is 0 Å². The summed E-state index contributed by atoms with van der Waals surface area (Å²) >= 11 is 2.93. The Balaban J connectivity index is 2.27. The maximum atomic E-state index is 5.73. The van der Waals surface area contributed by atoms with Crippen LogP contribution < -0.4 is 5.73 Å². The molecular weight excluding hydrogens is 242 g/mol. The topological polar surface area (TPSA) is 77.6 Å². The Labute approximate surface area is 102 Å². The average molecular weight is 253 g/mol. The molecule has 0 spiro atoms. The standard InChI is InChI=1S/C9H11N5S2/c1-5(2)8-12-6(10)3-7(13-8)16-9-14-11-4-15-9/h3-5H,1-2H3,(H2,10,12,13). The number of aromatic nitrogens is 4. The monoisotopic (exact) mass is 253 g/mol. The van der Waals surface area contributed by atoms with E-state index in [1.54, 1.807) is 11.6 Å². The Morgan fingerprint density at radius 3 is 2.81 bits per heavy atom. The van der Waals surface area contributed by atoms with Crippen molar-refractivity contribution < 1.29 is 0 Å². The zero-order valence-corrected chi connectivity index (χ0v) is 10.5. The van der Waals surface area contributed by atoms with Gasteiger partial charge in [-0.25, -0.2) is 9.97 Å². The Bertz CT molecular complexity index is 469. The zero-order valence-electron chi connectivity index (χ0n) is 8.91. The molecule has 0 aliphatic carbocycles. The molecule has 16 heavy (non-hydrogen) atoms. The minimum absolute atomic E-state index is 0.261. The van der Waals surface area contributed by atoms with E-state index in [0.717, 1.165) is 15.2 Å². The van der Waals surface area contributed by atoms with Crippen LogP contribution in [0.2, 0.25) is 0 Å². The van der Waals surface area contributed by atoms with Gasteiger partial charge in [-0.1, -0.05) is 25.2 Å². The van der Waals surface area contributed by atoms with Crippen molar-refractivity contribution in [3.05, 3.63) is 17.4 Å². The quantitative estimate of drug-likeness (QED) is 0.845. The predicted molar refractivity (Wildman–Crippen MR) is 64.6 cm³/mol. The van der Waals surface area contributed by atoms with Crippen LogP contribution in [0.1, 0.15) is 25.6 Å². The van der Waals surface area contributed by atoms with Crippen LogP contribution in [0.5, 0.6) is 0 Å². The summed E-state index contributed by atoms with van der Waals surface area (Å²) in [5.41, 5.74) is 7.42. The fourth-order valence-corrected chi connectivity index (χ4v) is 2.51. The van der Waals surface area contributed by atoms with E-state index in [4.69, 9.17) is 5.73 Å². The molecule has 7 heteroatoms. The highest BCUT2D eigenvalue weighted by Crippen LogP contribution is 2.28. The molecule has 0 amide bonds. The van der Waals surface area contributed by atoms with Gasteiger partial charge >= 0.3 is 0 Å². The highest BCUT2D eigenvalue weighted by molar-refractivity contribution is 8.00. The second kappa shape index (κ2) is 4.75. The Kier molecular flexibility index (Phi) is 3.35. The summed E-state index contributed by atoms with van der Waals surface area (Å²) in [5.74, 6) is 1.51. The summed E-state index contributed by atoms with van der Waals surface area (Å²) in [5, 5.41) is 8.53. The van der Waals surface area contributed by atoms with Crippen molar-refractivity contribution >= 4 is 28.9 Å². The molecule has 2 N–H and O–H groups in total. The third kappa shape index (κ3) is 2.67. The van der Waals surface area contributed by atoms with Gasteiger partial charge in [-0.05, 0) is 11.8 Å². The second-order valence-corrected chi connectivity index (χ2v) is 5.55. The minimum Gasteiger partial charge on any atom is -0.384 e. The molecule has 2 aromatic heterocycles. The molecule has 0 unspecified atom stereocenters. The third-order valence-corrected chi connectivity index (χ3v) is 3.48. The summed E-state index contributed by atoms with van der Waals surface area (Å²) in [7, 11) is 0. The van der Waals surface area contributed by atoms with E-state index < -0.39 is 0 Å². The molecule has 0 aromatic carbocycles. The Hall–Kier alpha value is -1.21. The van der Waals surface area contributed by atoms with Crippen LogP contribution in [0.3, 0.4) is 0 Å². The summed E-state index contributed by atoms with van der Waals surface area (Å²) in [6.07, 6.45) is 0. The number of nitrogen functional groups attached to an aromatic ring is 1. The van der Waals surface area contributed by atoms with Gasteiger partial charge in [-0.3, -0.25) is 0 Å². The van der Waals surface area contributed by atoms with Gasteiger partial charge < -0.3 is 5.73 Å². The molecule has 5 nitrogen and oxygen atoms in total. The van der Waals surface area contributed by atoms with Crippen molar-refractivity contribution in [2.75, 3.05) is 5.73 Å². The van der Waals surface area contributed by atoms with Crippen molar-refractivity contribution in [1.82, 2.24) is 20.2 Å². The van der Waals surface area contributed by atoms with Gasteiger partial charge in [0.2, 0.25) is 0 Å². The summed E-state index contributed by atoms with van der Waals surface area (Å²) < 4.78 is 0.854. The molecule has 0 fully saturated rings. The van der Waals surface area contributed by atoms with Gasteiger partial charge in [0.1, 0.15) is 22.2 Å². The maximum Gasteiger partial charge on any atom is 0.180 e. The highest BCUT2D eigenvalue weighted by Gasteiger charge is 2.09. The van der Waals surface area contributed by atoms with E-state index in [-0.39, 0.29) is 5.92 Å². The lowest BCUT2D eigenvalue weighted by molar-refractivity contribution is 0.756. The lowest BCUT2D eigenvalue weighted by Crippen LogP contribution is -2.02. The van der Waals surface area contributed by atoms with E-state index in [1.807, 2.05) is 13.8 Å². The van der Waals surface area contributed by atoms with E-state index in [9.17, 15) is 0 Å². The van der Waals surface area contributed by atoms with Crippen LogP contribution in [0.15, 0.2) is 20.9 Å². The first-order valence-corrected chi connectivity index (χ1v) is 6.43. The number of rotatable bonds is 3. The average Bonchev–Trinajstić information content (AvgIpc) is 2.69. The van der Waals surface area contributed by atoms with Crippen LogP contribution in [0, 0.1) is 0 Å². The molecule has 2 heterocycles. The molecule has 0 saturated heterocycles. The Morgan fingerprint density at radius 2 is 2.19 bits per heavy atom. The lowest BCUT2D eigenvalue weighted by atomic mass is 10.2. The van der Waals surface area contributed by atoms with Crippen molar-refractivity contribution in [2.45, 2.75) is 29.1 Å². The number of anilines is 1. The third-order valence-electron chi connectivity index (χ3n) is 1.79. The minimum atomic E-state index is 0.261. The molecule has 0 radical (unpaired) electrons. The first-order valence-electron chi connectivity index (χ1n) is 4.73. The maximum absolute atomic E-state index is 5.73. The van der Waals surface area contributed by atoms with Gasteiger partial charge in [0.25, 0.3) is 0 Å². The molecule has 0 bridgehead atoms. The van der Waals surface area contributed by atoms with Gasteiger partial charge in [-0.15, -0.1) is 10.2 Å².